The Morgan fingerprint density at radius 2 is 1.23 bits per heavy atom. The molecule has 3 aromatic carbocycles. The first-order valence-corrected chi connectivity index (χ1v) is 7.69. The molecule has 0 fully saturated rings. The molecule has 0 bridgehead atoms. The number of halogens is 3. The Bertz CT molecular complexity index is 879. The maximum absolute atomic E-state index is 14.7. The lowest BCUT2D eigenvalue weighted by molar-refractivity contribution is 0.0722. The molecular weight excluding hydrogens is 343 g/mol. The summed E-state index contributed by atoms with van der Waals surface area (Å²) in [5.74, 6) is -1.70. The third kappa shape index (κ3) is 3.13. The van der Waals surface area contributed by atoms with Gasteiger partial charge in [0, 0.05) is 16.7 Å². The molecule has 3 nitrogen and oxygen atoms in total. The van der Waals surface area contributed by atoms with E-state index in [-0.39, 0.29) is 16.7 Å². The first kappa shape index (κ1) is 17.5. The number of ether oxygens (including phenoxy) is 1. The van der Waals surface area contributed by atoms with E-state index in [0.29, 0.717) is 0 Å². The van der Waals surface area contributed by atoms with Gasteiger partial charge in [-0.2, -0.15) is 0 Å². The summed E-state index contributed by atoms with van der Waals surface area (Å²) in [6, 6.07) is 15.7. The van der Waals surface area contributed by atoms with E-state index >= 15 is 0 Å². The molecule has 0 aliphatic heterocycles. The predicted molar refractivity (Wildman–Crippen MR) is 89.8 cm³/mol. The summed E-state index contributed by atoms with van der Waals surface area (Å²) < 4.78 is 46.9. The highest BCUT2D eigenvalue weighted by molar-refractivity contribution is 5.68. The third-order valence-electron chi connectivity index (χ3n) is 4.01. The van der Waals surface area contributed by atoms with Crippen LogP contribution in [0.1, 0.15) is 16.7 Å². The molecule has 0 spiro atoms. The van der Waals surface area contributed by atoms with Crippen LogP contribution in [-0.4, -0.2) is 6.09 Å². The monoisotopic (exact) mass is 357 g/mol. The second-order valence-corrected chi connectivity index (χ2v) is 5.60. The van der Waals surface area contributed by atoms with Crippen LogP contribution in [0.25, 0.3) is 0 Å². The number of primary amides is 1. The Kier molecular flexibility index (Phi) is 4.67. The summed E-state index contributed by atoms with van der Waals surface area (Å²) in [4.78, 5) is 11.7. The highest BCUT2D eigenvalue weighted by Gasteiger charge is 2.42. The van der Waals surface area contributed by atoms with Crippen LogP contribution in [0.4, 0.5) is 18.0 Å². The van der Waals surface area contributed by atoms with E-state index in [4.69, 9.17) is 10.5 Å². The SMILES string of the molecule is NC(=O)OC(c1ccc(F)cc1)(c1ccc(F)cc1)c1ccccc1F. The predicted octanol–water partition coefficient (Wildman–Crippen LogP) is 4.49. The zero-order valence-electron chi connectivity index (χ0n) is 13.5. The molecule has 0 heterocycles. The Hall–Kier alpha value is -3.28. The van der Waals surface area contributed by atoms with E-state index in [9.17, 15) is 18.0 Å². The number of amides is 1. The second-order valence-electron chi connectivity index (χ2n) is 5.60. The number of carbonyl (C=O) groups excluding carboxylic acids is 1. The molecule has 0 unspecified atom stereocenters. The minimum atomic E-state index is -1.81. The van der Waals surface area contributed by atoms with Crippen molar-refractivity contribution >= 4 is 6.09 Å². The quantitative estimate of drug-likeness (QED) is 0.700. The maximum Gasteiger partial charge on any atom is 0.406 e. The summed E-state index contributed by atoms with van der Waals surface area (Å²) in [5.41, 5.74) is 3.96. The highest BCUT2D eigenvalue weighted by Crippen LogP contribution is 2.41. The van der Waals surface area contributed by atoms with Gasteiger partial charge in [0.25, 0.3) is 0 Å². The molecule has 0 saturated heterocycles. The van der Waals surface area contributed by atoms with Crippen molar-refractivity contribution in [2.75, 3.05) is 0 Å². The van der Waals surface area contributed by atoms with Crippen molar-refractivity contribution in [2.24, 2.45) is 5.73 Å². The Morgan fingerprint density at radius 3 is 1.65 bits per heavy atom. The van der Waals surface area contributed by atoms with Crippen LogP contribution in [-0.2, 0) is 10.3 Å². The zero-order chi connectivity index (χ0) is 18.7. The van der Waals surface area contributed by atoms with Gasteiger partial charge in [-0.25, -0.2) is 18.0 Å². The van der Waals surface area contributed by atoms with E-state index in [1.165, 1.54) is 42.5 Å². The molecule has 0 saturated carbocycles. The van der Waals surface area contributed by atoms with E-state index in [0.717, 1.165) is 24.3 Å². The summed E-state index contributed by atoms with van der Waals surface area (Å²) in [6.07, 6.45) is -1.16. The number of hydrogen-bond donors (Lipinski definition) is 1. The lowest BCUT2D eigenvalue weighted by Gasteiger charge is -2.34. The van der Waals surface area contributed by atoms with Crippen LogP contribution >= 0.6 is 0 Å². The first-order valence-electron chi connectivity index (χ1n) is 7.69. The van der Waals surface area contributed by atoms with E-state index in [1.807, 2.05) is 0 Å². The van der Waals surface area contributed by atoms with Gasteiger partial charge in [-0.1, -0.05) is 42.5 Å². The van der Waals surface area contributed by atoms with Gasteiger partial charge >= 0.3 is 6.09 Å². The van der Waals surface area contributed by atoms with Crippen LogP contribution in [0.5, 0.6) is 0 Å². The molecule has 0 atom stereocenters. The van der Waals surface area contributed by atoms with Crippen molar-refractivity contribution in [2.45, 2.75) is 5.60 Å². The fraction of sp³-hybridized carbons (Fsp3) is 0.0500. The largest absolute Gasteiger partial charge is 0.428 e. The van der Waals surface area contributed by atoms with Crippen molar-refractivity contribution in [3.63, 3.8) is 0 Å². The number of rotatable bonds is 4. The van der Waals surface area contributed by atoms with Crippen molar-refractivity contribution in [3.05, 3.63) is 107 Å². The number of benzene rings is 3. The molecule has 132 valence electrons. The van der Waals surface area contributed by atoms with Crippen molar-refractivity contribution in [3.8, 4) is 0 Å². The van der Waals surface area contributed by atoms with Crippen LogP contribution in [0.2, 0.25) is 0 Å². The Balaban J connectivity index is 2.37. The Labute approximate surface area is 147 Å². The van der Waals surface area contributed by atoms with Crippen molar-refractivity contribution in [1.82, 2.24) is 0 Å². The normalized spacial score (nSPS) is 11.2. The molecule has 0 radical (unpaired) electrons. The molecule has 0 aliphatic carbocycles. The number of hydrogen-bond acceptors (Lipinski definition) is 2. The fourth-order valence-electron chi connectivity index (χ4n) is 2.92. The van der Waals surface area contributed by atoms with E-state index < -0.39 is 29.1 Å². The van der Waals surface area contributed by atoms with Gasteiger partial charge in [0.05, 0.1) is 0 Å². The fourth-order valence-corrected chi connectivity index (χ4v) is 2.92. The van der Waals surface area contributed by atoms with E-state index in [1.54, 1.807) is 6.07 Å². The smallest absolute Gasteiger partial charge is 0.406 e. The van der Waals surface area contributed by atoms with Gasteiger partial charge in [-0.3, -0.25) is 0 Å². The summed E-state index contributed by atoms with van der Waals surface area (Å²) >= 11 is 0. The molecule has 1 amide bonds. The summed E-state index contributed by atoms with van der Waals surface area (Å²) in [6.45, 7) is 0. The molecule has 2 N–H and O–H groups in total. The van der Waals surface area contributed by atoms with Gasteiger partial charge in [0.2, 0.25) is 0 Å². The van der Waals surface area contributed by atoms with Gasteiger partial charge < -0.3 is 10.5 Å². The average molecular weight is 357 g/mol. The first-order chi connectivity index (χ1) is 12.4. The Morgan fingerprint density at radius 1 is 0.769 bits per heavy atom. The minimum Gasteiger partial charge on any atom is -0.428 e. The van der Waals surface area contributed by atoms with Crippen LogP contribution in [0, 0.1) is 17.5 Å². The van der Waals surface area contributed by atoms with Crippen molar-refractivity contribution in [1.29, 1.82) is 0 Å². The molecule has 3 aromatic rings. The number of carbonyl (C=O) groups is 1. The summed E-state index contributed by atoms with van der Waals surface area (Å²) in [5, 5.41) is 0. The second kappa shape index (κ2) is 6.92. The zero-order valence-corrected chi connectivity index (χ0v) is 13.5. The van der Waals surface area contributed by atoms with Crippen molar-refractivity contribution < 1.29 is 22.7 Å². The summed E-state index contributed by atoms with van der Waals surface area (Å²) in [7, 11) is 0. The van der Waals surface area contributed by atoms with E-state index in [2.05, 4.69) is 0 Å². The minimum absolute atomic E-state index is 0.0167. The molecule has 0 aliphatic rings. The van der Waals surface area contributed by atoms with Gasteiger partial charge in [-0.15, -0.1) is 0 Å². The average Bonchev–Trinajstić information content (AvgIpc) is 2.61. The van der Waals surface area contributed by atoms with Gasteiger partial charge in [-0.05, 0) is 30.3 Å². The molecular formula is C20H14F3NO2. The third-order valence-corrected chi connectivity index (χ3v) is 4.01. The lowest BCUT2D eigenvalue weighted by atomic mass is 9.79. The van der Waals surface area contributed by atoms with Crippen LogP contribution in [0.3, 0.4) is 0 Å². The molecule has 0 aromatic heterocycles. The topological polar surface area (TPSA) is 52.3 Å². The lowest BCUT2D eigenvalue weighted by Crippen LogP contribution is -2.38. The molecule has 26 heavy (non-hydrogen) atoms. The molecule has 3 rings (SSSR count). The van der Waals surface area contributed by atoms with Crippen LogP contribution < -0.4 is 5.73 Å². The van der Waals surface area contributed by atoms with Gasteiger partial charge in [0.15, 0.2) is 5.60 Å². The van der Waals surface area contributed by atoms with Crippen LogP contribution in [0.15, 0.2) is 72.8 Å². The maximum atomic E-state index is 14.7. The molecule has 6 heteroatoms. The highest BCUT2D eigenvalue weighted by atomic mass is 19.1. The van der Waals surface area contributed by atoms with Gasteiger partial charge in [0.1, 0.15) is 17.5 Å². The number of nitrogens with two attached hydrogens (primary N) is 1. The standard InChI is InChI=1S/C20H14F3NO2/c21-15-9-5-13(6-10-15)20(26-19(24)25,14-7-11-16(22)12-8-14)17-3-1-2-4-18(17)23/h1-12H,(H2,24,25).